The van der Waals surface area contributed by atoms with Crippen molar-refractivity contribution in [2.75, 3.05) is 13.2 Å². The zero-order valence-corrected chi connectivity index (χ0v) is 25.2. The first-order chi connectivity index (χ1) is 17.3. The molecule has 0 atom stereocenters. The Morgan fingerprint density at radius 1 is 0.514 bits per heavy atom. The molecule has 6 nitrogen and oxygen atoms in total. The van der Waals surface area contributed by atoms with Crippen LogP contribution in [0, 0.1) is 0 Å². The molecule has 0 aliphatic rings. The number of hydrogen-bond donors (Lipinski definition) is 0. The predicted octanol–water partition coefficient (Wildman–Crippen LogP) is 0.412. The molecule has 0 aliphatic carbocycles. The summed E-state index contributed by atoms with van der Waals surface area (Å²) in [6.45, 7) is 9.68. The van der Waals surface area contributed by atoms with Gasteiger partial charge in [-0.2, -0.15) is 0 Å². The van der Waals surface area contributed by atoms with Crippen molar-refractivity contribution in [2.24, 2.45) is 0 Å². The van der Waals surface area contributed by atoms with Crippen molar-refractivity contribution in [3.8, 4) is 0 Å². The number of aromatic nitrogens is 4. The first kappa shape index (κ1) is 35.9. The maximum absolute atomic E-state index is 5.84. The van der Waals surface area contributed by atoms with Crippen LogP contribution in [0.1, 0.15) is 110 Å². The van der Waals surface area contributed by atoms with E-state index in [1.165, 1.54) is 77.0 Å². The number of ether oxygens (including phenoxy) is 2. The standard InChI is InChI=1S/C29H54N4O2.2ClH/c1-3-5-7-9-11-14-18-30-20-22-32(26-30)28-34-24-16-13-17-25-35-29-33-23-21-31(27-33)19-15-12-10-8-6-4-2;;/h20-23,26-27H,3-19,24-25,28-29H2,1-2H3;2*1H/q+2;;/p-2. The van der Waals surface area contributed by atoms with Crippen LogP contribution in [0.5, 0.6) is 0 Å². The van der Waals surface area contributed by atoms with Gasteiger partial charge in [0.1, 0.15) is 24.8 Å². The highest BCUT2D eigenvalue weighted by molar-refractivity contribution is 4.66. The van der Waals surface area contributed by atoms with Gasteiger partial charge >= 0.3 is 0 Å². The summed E-state index contributed by atoms with van der Waals surface area (Å²) in [6, 6.07) is 0. The van der Waals surface area contributed by atoms with Crippen LogP contribution in [-0.2, 0) is 36.0 Å². The van der Waals surface area contributed by atoms with Crippen molar-refractivity contribution >= 4 is 0 Å². The minimum absolute atomic E-state index is 0. The van der Waals surface area contributed by atoms with Crippen LogP contribution >= 0.6 is 0 Å². The Balaban J connectivity index is 0.00000648. The molecular formula is C29H54Cl2N4O2. The highest BCUT2D eigenvalue weighted by atomic mass is 35.5. The lowest BCUT2D eigenvalue weighted by atomic mass is 10.1. The number of nitrogens with zero attached hydrogens (tertiary/aromatic N) is 4. The monoisotopic (exact) mass is 560 g/mol. The van der Waals surface area contributed by atoms with Gasteiger partial charge in [0.25, 0.3) is 0 Å². The fraction of sp³-hybridized carbons (Fsp3) is 0.793. The van der Waals surface area contributed by atoms with E-state index in [2.05, 4.69) is 69.6 Å². The maximum atomic E-state index is 5.84. The van der Waals surface area contributed by atoms with E-state index < -0.39 is 0 Å². The van der Waals surface area contributed by atoms with Gasteiger partial charge in [0.05, 0.1) is 26.3 Å². The second-order valence-corrected chi connectivity index (χ2v) is 10.0. The molecule has 0 aliphatic heterocycles. The smallest absolute Gasteiger partial charge is 0.245 e. The van der Waals surface area contributed by atoms with Gasteiger partial charge in [0.15, 0.2) is 13.5 Å². The molecule has 0 amide bonds. The van der Waals surface area contributed by atoms with Crippen molar-refractivity contribution in [1.82, 2.24) is 9.13 Å². The average Bonchev–Trinajstić information content (AvgIpc) is 3.52. The van der Waals surface area contributed by atoms with E-state index in [-0.39, 0.29) is 24.8 Å². The van der Waals surface area contributed by atoms with E-state index in [0.29, 0.717) is 13.5 Å². The van der Waals surface area contributed by atoms with Gasteiger partial charge in [-0.25, -0.2) is 18.3 Å². The van der Waals surface area contributed by atoms with Crippen molar-refractivity contribution in [1.29, 1.82) is 0 Å². The Bertz CT molecular complexity index is 679. The zero-order valence-electron chi connectivity index (χ0n) is 23.7. The molecule has 0 spiro atoms. The topological polar surface area (TPSA) is 36.1 Å². The molecule has 0 N–H and O–H groups in total. The van der Waals surface area contributed by atoms with Crippen molar-refractivity contribution in [3.63, 3.8) is 0 Å². The Kier molecular flexibility index (Phi) is 24.5. The van der Waals surface area contributed by atoms with Crippen molar-refractivity contribution in [2.45, 2.75) is 137 Å². The van der Waals surface area contributed by atoms with Crippen LogP contribution in [0.4, 0.5) is 0 Å². The second-order valence-electron chi connectivity index (χ2n) is 10.0. The molecule has 2 aromatic rings. The van der Waals surface area contributed by atoms with Gasteiger partial charge in [0, 0.05) is 0 Å². The Hall–Kier alpha value is -1.08. The Labute approximate surface area is 239 Å². The summed E-state index contributed by atoms with van der Waals surface area (Å²) in [7, 11) is 0. The predicted molar refractivity (Wildman–Crippen MR) is 142 cm³/mol. The van der Waals surface area contributed by atoms with E-state index in [9.17, 15) is 0 Å². The van der Waals surface area contributed by atoms with Crippen LogP contribution < -0.4 is 33.9 Å². The third-order valence-corrected chi connectivity index (χ3v) is 6.59. The van der Waals surface area contributed by atoms with Gasteiger partial charge in [-0.1, -0.05) is 65.2 Å². The lowest BCUT2D eigenvalue weighted by Gasteiger charge is -2.03. The number of rotatable bonds is 24. The molecule has 2 rings (SSSR count). The number of hydrogen-bond acceptors (Lipinski definition) is 2. The molecule has 0 fully saturated rings. The molecule has 0 radical (unpaired) electrons. The lowest BCUT2D eigenvalue weighted by Crippen LogP contribution is -3.00. The van der Waals surface area contributed by atoms with E-state index in [1.54, 1.807) is 0 Å². The van der Waals surface area contributed by atoms with Crippen LogP contribution in [0.3, 0.4) is 0 Å². The summed E-state index contributed by atoms with van der Waals surface area (Å²) in [5, 5.41) is 0. The molecule has 0 unspecified atom stereocenters. The molecule has 0 saturated heterocycles. The summed E-state index contributed by atoms with van der Waals surface area (Å²) in [4.78, 5) is 0. The minimum atomic E-state index is 0. The number of unbranched alkanes of at least 4 members (excludes halogenated alkanes) is 12. The van der Waals surface area contributed by atoms with E-state index >= 15 is 0 Å². The normalized spacial score (nSPS) is 10.9. The van der Waals surface area contributed by atoms with Gasteiger partial charge in [0.2, 0.25) is 12.7 Å². The molecule has 0 aromatic carbocycles. The summed E-state index contributed by atoms with van der Waals surface area (Å²) in [5.74, 6) is 0. The first-order valence-corrected chi connectivity index (χ1v) is 14.6. The number of imidazole rings is 2. The molecule has 0 bridgehead atoms. The van der Waals surface area contributed by atoms with Crippen molar-refractivity contribution < 1.29 is 43.4 Å². The van der Waals surface area contributed by atoms with Crippen LogP contribution in [-0.4, -0.2) is 22.3 Å². The van der Waals surface area contributed by atoms with E-state index in [1.807, 2.05) is 0 Å². The summed E-state index contributed by atoms with van der Waals surface area (Å²) in [6.07, 6.45) is 32.3. The molecule has 37 heavy (non-hydrogen) atoms. The average molecular weight is 562 g/mol. The van der Waals surface area contributed by atoms with E-state index in [0.717, 1.165) is 45.6 Å². The van der Waals surface area contributed by atoms with Crippen LogP contribution in [0.25, 0.3) is 0 Å². The molecule has 8 heteroatoms. The highest BCUT2D eigenvalue weighted by Gasteiger charge is 2.05. The summed E-state index contributed by atoms with van der Waals surface area (Å²) < 4.78 is 20.5. The Morgan fingerprint density at radius 2 is 0.892 bits per heavy atom. The third-order valence-electron chi connectivity index (χ3n) is 6.59. The highest BCUT2D eigenvalue weighted by Crippen LogP contribution is 2.07. The molecule has 0 saturated carbocycles. The lowest BCUT2D eigenvalue weighted by molar-refractivity contribution is -0.732. The van der Waals surface area contributed by atoms with Gasteiger partial charge in [-0.15, -0.1) is 0 Å². The van der Waals surface area contributed by atoms with Crippen molar-refractivity contribution in [3.05, 3.63) is 37.4 Å². The Morgan fingerprint density at radius 3 is 1.32 bits per heavy atom. The van der Waals surface area contributed by atoms with Crippen LogP contribution in [0.15, 0.2) is 37.4 Å². The molecule has 2 heterocycles. The number of aryl methyl sites for hydroxylation is 2. The number of halogens is 2. The van der Waals surface area contributed by atoms with Gasteiger partial charge in [-0.05, 0) is 44.9 Å². The second kappa shape index (κ2) is 25.2. The fourth-order valence-corrected chi connectivity index (χ4v) is 4.37. The SMILES string of the molecule is CCCCCCCCn1cc[n+](COCCCCCOC[n+]2ccn(CCCCCCCC)c2)c1.[Cl-].[Cl-]. The zero-order chi connectivity index (χ0) is 24.8. The largest absolute Gasteiger partial charge is 1.00 e. The molecule has 2 aromatic heterocycles. The molecular weight excluding hydrogens is 507 g/mol. The first-order valence-electron chi connectivity index (χ1n) is 14.6. The van der Waals surface area contributed by atoms with Gasteiger partial charge in [-0.3, -0.25) is 0 Å². The van der Waals surface area contributed by atoms with E-state index in [4.69, 9.17) is 9.47 Å². The molecule has 216 valence electrons. The quantitative estimate of drug-likeness (QED) is 0.138. The minimum Gasteiger partial charge on any atom is -1.00 e. The van der Waals surface area contributed by atoms with Gasteiger partial charge < -0.3 is 34.3 Å². The summed E-state index contributed by atoms with van der Waals surface area (Å²) >= 11 is 0. The van der Waals surface area contributed by atoms with Crippen LogP contribution in [0.2, 0.25) is 0 Å². The third kappa shape index (κ3) is 18.8. The summed E-state index contributed by atoms with van der Waals surface area (Å²) in [5.41, 5.74) is 0. The maximum Gasteiger partial charge on any atom is 0.245 e. The fourth-order valence-electron chi connectivity index (χ4n) is 4.37.